The van der Waals surface area contributed by atoms with Crippen LogP contribution in [0, 0.1) is 20.8 Å². The third kappa shape index (κ3) is 1.52. The van der Waals surface area contributed by atoms with Gasteiger partial charge in [0.15, 0.2) is 0 Å². The number of H-pyrrole nitrogens is 1. The predicted molar refractivity (Wildman–Crippen MR) is 62.2 cm³/mol. The van der Waals surface area contributed by atoms with Crippen LogP contribution < -0.4 is 0 Å². The molecule has 0 saturated heterocycles. The Balaban J connectivity index is 2.80. The van der Waals surface area contributed by atoms with Crippen molar-refractivity contribution in [2.24, 2.45) is 0 Å². The van der Waals surface area contributed by atoms with Gasteiger partial charge in [0.2, 0.25) is 0 Å². The molecule has 2 aromatic heterocycles. The maximum atomic E-state index is 4.64. The molecule has 0 bridgehead atoms. The summed E-state index contributed by atoms with van der Waals surface area (Å²) >= 11 is 0. The van der Waals surface area contributed by atoms with E-state index in [9.17, 15) is 0 Å². The van der Waals surface area contributed by atoms with Crippen LogP contribution in [0.5, 0.6) is 0 Å². The van der Waals surface area contributed by atoms with E-state index < -0.39 is 0 Å². The molecule has 2 heterocycles. The smallest absolute Gasteiger partial charge is 0.109 e. The molecule has 15 heavy (non-hydrogen) atoms. The molecule has 80 valence electrons. The molecule has 0 aromatic carbocycles. The molecule has 1 N–H and O–H groups in total. The van der Waals surface area contributed by atoms with E-state index in [0.717, 1.165) is 28.2 Å². The van der Waals surface area contributed by atoms with Gasteiger partial charge in [-0.2, -0.15) is 0 Å². The van der Waals surface area contributed by atoms with E-state index in [2.05, 4.69) is 35.7 Å². The Hall–Kier alpha value is -1.38. The quantitative estimate of drug-likeness (QED) is 0.774. The Kier molecular flexibility index (Phi) is 2.25. The first-order valence-electron chi connectivity index (χ1n) is 5.34. The van der Waals surface area contributed by atoms with Gasteiger partial charge in [-0.05, 0) is 26.3 Å². The molecule has 0 saturated carbocycles. The molecule has 0 radical (unpaired) electrons. The van der Waals surface area contributed by atoms with E-state index in [4.69, 9.17) is 0 Å². The fourth-order valence-electron chi connectivity index (χ4n) is 1.76. The highest BCUT2D eigenvalue weighted by Gasteiger charge is 2.12. The zero-order valence-corrected chi connectivity index (χ0v) is 9.97. The topological polar surface area (TPSA) is 41.6 Å². The van der Waals surface area contributed by atoms with Gasteiger partial charge in [-0.15, -0.1) is 0 Å². The van der Waals surface area contributed by atoms with Crippen LogP contribution in [0.1, 0.15) is 42.5 Å². The fourth-order valence-corrected chi connectivity index (χ4v) is 1.76. The van der Waals surface area contributed by atoms with Gasteiger partial charge >= 0.3 is 0 Å². The highest BCUT2D eigenvalue weighted by Crippen LogP contribution is 2.23. The monoisotopic (exact) mass is 203 g/mol. The van der Waals surface area contributed by atoms with Crippen molar-refractivity contribution in [2.75, 3.05) is 0 Å². The number of nitrogens with one attached hydrogen (secondary N) is 1. The maximum Gasteiger partial charge on any atom is 0.109 e. The van der Waals surface area contributed by atoms with E-state index in [1.54, 1.807) is 0 Å². The van der Waals surface area contributed by atoms with Crippen molar-refractivity contribution in [1.82, 2.24) is 15.0 Å². The minimum absolute atomic E-state index is 0.427. The van der Waals surface area contributed by atoms with Crippen LogP contribution in [0.15, 0.2) is 0 Å². The Bertz CT molecular complexity index is 509. The third-order valence-corrected chi connectivity index (χ3v) is 2.86. The average molecular weight is 203 g/mol. The van der Waals surface area contributed by atoms with Gasteiger partial charge in [-0.25, -0.2) is 4.98 Å². The van der Waals surface area contributed by atoms with Crippen molar-refractivity contribution >= 4 is 11.0 Å². The first-order chi connectivity index (χ1) is 7.00. The fraction of sp³-hybridized carbons (Fsp3) is 0.500. The van der Waals surface area contributed by atoms with Crippen LogP contribution in [0.2, 0.25) is 0 Å². The summed E-state index contributed by atoms with van der Waals surface area (Å²) in [7, 11) is 0. The van der Waals surface area contributed by atoms with Crippen molar-refractivity contribution in [3.8, 4) is 0 Å². The van der Waals surface area contributed by atoms with Crippen molar-refractivity contribution in [1.29, 1.82) is 0 Å². The zero-order chi connectivity index (χ0) is 11.2. The molecule has 0 amide bonds. The number of aromatic nitrogens is 3. The number of nitrogens with zero attached hydrogens (tertiary/aromatic N) is 2. The molecular weight excluding hydrogens is 186 g/mol. The van der Waals surface area contributed by atoms with E-state index in [-0.39, 0.29) is 0 Å². The summed E-state index contributed by atoms with van der Waals surface area (Å²) in [6.07, 6.45) is 0. The van der Waals surface area contributed by atoms with Crippen molar-refractivity contribution in [3.63, 3.8) is 0 Å². The number of hydrogen-bond acceptors (Lipinski definition) is 2. The molecule has 0 aliphatic heterocycles. The third-order valence-electron chi connectivity index (χ3n) is 2.86. The Labute approximate surface area is 90.0 Å². The Morgan fingerprint density at radius 1 is 1.00 bits per heavy atom. The lowest BCUT2D eigenvalue weighted by atomic mass is 10.2. The predicted octanol–water partition coefficient (Wildman–Crippen LogP) is 3.01. The van der Waals surface area contributed by atoms with Gasteiger partial charge < -0.3 is 4.98 Å². The molecule has 0 aliphatic carbocycles. The highest BCUT2D eigenvalue weighted by molar-refractivity contribution is 5.81. The van der Waals surface area contributed by atoms with E-state index in [1.807, 2.05) is 13.8 Å². The van der Waals surface area contributed by atoms with Crippen LogP contribution in [-0.4, -0.2) is 15.0 Å². The maximum absolute atomic E-state index is 4.64. The van der Waals surface area contributed by atoms with Gasteiger partial charge in [-0.3, -0.25) is 4.98 Å². The average Bonchev–Trinajstić information content (AvgIpc) is 2.59. The molecule has 3 heteroatoms. The molecule has 0 unspecified atom stereocenters. The summed E-state index contributed by atoms with van der Waals surface area (Å²) in [5, 5.41) is 0. The number of rotatable bonds is 1. The highest BCUT2D eigenvalue weighted by atomic mass is 14.9. The van der Waals surface area contributed by atoms with Gasteiger partial charge in [0.1, 0.15) is 5.82 Å². The second-order valence-corrected chi connectivity index (χ2v) is 4.41. The molecule has 2 rings (SSSR count). The lowest BCUT2D eigenvalue weighted by Gasteiger charge is -2.01. The van der Waals surface area contributed by atoms with Crippen LogP contribution in [0.3, 0.4) is 0 Å². The lowest BCUT2D eigenvalue weighted by molar-refractivity contribution is 0.798. The van der Waals surface area contributed by atoms with E-state index in [1.165, 1.54) is 5.56 Å². The van der Waals surface area contributed by atoms with Crippen LogP contribution in [-0.2, 0) is 0 Å². The number of aromatic amines is 1. The number of hydrogen-bond donors (Lipinski definition) is 1. The van der Waals surface area contributed by atoms with Gasteiger partial charge in [0.05, 0.1) is 16.7 Å². The summed E-state index contributed by atoms with van der Waals surface area (Å²) in [6, 6.07) is 0. The van der Waals surface area contributed by atoms with E-state index >= 15 is 0 Å². The van der Waals surface area contributed by atoms with Crippen LogP contribution >= 0.6 is 0 Å². The Morgan fingerprint density at radius 3 is 2.27 bits per heavy atom. The van der Waals surface area contributed by atoms with Gasteiger partial charge in [0.25, 0.3) is 0 Å². The lowest BCUT2D eigenvalue weighted by Crippen LogP contribution is -1.92. The summed E-state index contributed by atoms with van der Waals surface area (Å²) in [4.78, 5) is 12.5. The molecule has 3 nitrogen and oxygen atoms in total. The second kappa shape index (κ2) is 3.33. The van der Waals surface area contributed by atoms with Crippen molar-refractivity contribution in [3.05, 3.63) is 22.8 Å². The van der Waals surface area contributed by atoms with Crippen molar-refractivity contribution in [2.45, 2.75) is 40.5 Å². The molecular formula is C12H17N3. The number of fused-ring (bicyclic) bond motifs is 1. The summed E-state index contributed by atoms with van der Waals surface area (Å²) in [5.74, 6) is 1.47. The van der Waals surface area contributed by atoms with Crippen LogP contribution in [0.25, 0.3) is 11.0 Å². The van der Waals surface area contributed by atoms with Crippen LogP contribution in [0.4, 0.5) is 0 Å². The van der Waals surface area contributed by atoms with Gasteiger partial charge in [0, 0.05) is 11.6 Å². The Morgan fingerprint density at radius 2 is 1.67 bits per heavy atom. The molecule has 0 aliphatic rings. The summed E-state index contributed by atoms with van der Waals surface area (Å²) in [5.41, 5.74) is 5.44. The van der Waals surface area contributed by atoms with Gasteiger partial charge in [-0.1, -0.05) is 13.8 Å². The summed E-state index contributed by atoms with van der Waals surface area (Å²) < 4.78 is 0. The molecule has 0 spiro atoms. The number of imidazole rings is 1. The second-order valence-electron chi connectivity index (χ2n) is 4.41. The SMILES string of the molecule is Cc1nc(C)c2[nH]c(C(C)C)nc2c1C. The molecule has 0 atom stereocenters. The normalized spacial score (nSPS) is 11.6. The molecule has 0 fully saturated rings. The first kappa shape index (κ1) is 10.1. The van der Waals surface area contributed by atoms with Crippen molar-refractivity contribution < 1.29 is 0 Å². The molecule has 2 aromatic rings. The number of pyridine rings is 1. The minimum atomic E-state index is 0.427. The van der Waals surface area contributed by atoms with E-state index in [0.29, 0.717) is 5.92 Å². The largest absolute Gasteiger partial charge is 0.340 e. The zero-order valence-electron chi connectivity index (χ0n) is 9.97. The first-order valence-corrected chi connectivity index (χ1v) is 5.34. The minimum Gasteiger partial charge on any atom is -0.340 e. The summed E-state index contributed by atoms with van der Waals surface area (Å²) in [6.45, 7) is 10.4. The standard InChI is InChI=1S/C12H17N3/c1-6(2)12-14-10-7(3)8(4)13-9(5)11(10)15-12/h6H,1-5H3,(H,14,15). The number of aryl methyl sites for hydroxylation is 3.